The van der Waals surface area contributed by atoms with E-state index in [-0.39, 0.29) is 5.97 Å². The Labute approximate surface area is 130 Å². The molecule has 0 aromatic carbocycles. The summed E-state index contributed by atoms with van der Waals surface area (Å²) in [7, 11) is 0. The summed E-state index contributed by atoms with van der Waals surface area (Å²) < 4.78 is 10.5. The molecule has 1 aromatic heterocycles. The Balaban J connectivity index is 1.90. The molecule has 2 aliphatic rings. The van der Waals surface area contributed by atoms with E-state index < -0.39 is 0 Å². The molecule has 120 valence electrons. The zero-order valence-corrected chi connectivity index (χ0v) is 13.1. The number of hydrogen-bond donors (Lipinski definition) is 0. The van der Waals surface area contributed by atoms with Gasteiger partial charge in [-0.15, -0.1) is 0 Å². The summed E-state index contributed by atoms with van der Waals surface area (Å²) in [4.78, 5) is 23.4. The first-order valence-corrected chi connectivity index (χ1v) is 8.16. The Morgan fingerprint density at radius 1 is 1.36 bits per heavy atom. The lowest BCUT2D eigenvalue weighted by Gasteiger charge is -2.27. The molecule has 1 saturated carbocycles. The number of anilines is 1. The van der Waals surface area contributed by atoms with Crippen LogP contribution in [0.25, 0.3) is 0 Å². The summed E-state index contributed by atoms with van der Waals surface area (Å²) in [6.07, 6.45) is 6.22. The smallest absolute Gasteiger partial charge is 0.341 e. The van der Waals surface area contributed by atoms with Crippen LogP contribution in [-0.2, 0) is 9.47 Å². The molecule has 1 saturated heterocycles. The summed E-state index contributed by atoms with van der Waals surface area (Å²) >= 11 is 0. The zero-order chi connectivity index (χ0) is 15.4. The molecule has 22 heavy (non-hydrogen) atoms. The van der Waals surface area contributed by atoms with Crippen molar-refractivity contribution in [2.75, 3.05) is 37.8 Å². The number of morpholine rings is 1. The molecule has 6 nitrogen and oxygen atoms in total. The van der Waals surface area contributed by atoms with Crippen LogP contribution < -0.4 is 4.90 Å². The van der Waals surface area contributed by atoms with Crippen molar-refractivity contribution in [2.24, 2.45) is 0 Å². The average Bonchev–Trinajstić information content (AvgIpc) is 3.10. The number of nitrogens with zero attached hydrogens (tertiary/aromatic N) is 3. The molecule has 0 radical (unpaired) electrons. The van der Waals surface area contributed by atoms with Crippen LogP contribution >= 0.6 is 0 Å². The van der Waals surface area contributed by atoms with E-state index in [1.54, 1.807) is 6.20 Å². The zero-order valence-electron chi connectivity index (χ0n) is 13.1. The van der Waals surface area contributed by atoms with Crippen LogP contribution in [0.1, 0.15) is 54.6 Å². The second-order valence-electron chi connectivity index (χ2n) is 5.77. The number of aromatic nitrogens is 2. The van der Waals surface area contributed by atoms with Crippen molar-refractivity contribution in [3.8, 4) is 0 Å². The van der Waals surface area contributed by atoms with Gasteiger partial charge in [-0.3, -0.25) is 0 Å². The van der Waals surface area contributed by atoms with Crippen LogP contribution in [0.15, 0.2) is 6.20 Å². The highest BCUT2D eigenvalue weighted by Gasteiger charge is 2.27. The van der Waals surface area contributed by atoms with E-state index in [4.69, 9.17) is 14.5 Å². The van der Waals surface area contributed by atoms with Gasteiger partial charge in [0, 0.05) is 25.2 Å². The maximum atomic E-state index is 12.2. The summed E-state index contributed by atoms with van der Waals surface area (Å²) in [6, 6.07) is 0. The lowest BCUT2D eigenvalue weighted by atomic mass is 9.99. The van der Waals surface area contributed by atoms with Crippen molar-refractivity contribution in [3.05, 3.63) is 17.5 Å². The van der Waals surface area contributed by atoms with Gasteiger partial charge in [-0.25, -0.2) is 14.8 Å². The fourth-order valence-electron chi connectivity index (χ4n) is 3.18. The maximum Gasteiger partial charge on any atom is 0.341 e. The number of esters is 1. The third-order valence-corrected chi connectivity index (χ3v) is 4.34. The van der Waals surface area contributed by atoms with Gasteiger partial charge in [0.1, 0.15) is 0 Å². The monoisotopic (exact) mass is 305 g/mol. The quantitative estimate of drug-likeness (QED) is 0.794. The SMILES string of the molecule is CCOC(=O)c1cnc(N2CCOCC2)nc1C1CCCC1. The van der Waals surface area contributed by atoms with E-state index in [1.807, 2.05) is 6.92 Å². The molecular weight excluding hydrogens is 282 g/mol. The average molecular weight is 305 g/mol. The minimum Gasteiger partial charge on any atom is -0.462 e. The van der Waals surface area contributed by atoms with E-state index in [0.29, 0.717) is 37.3 Å². The highest BCUT2D eigenvalue weighted by molar-refractivity contribution is 5.90. The molecule has 1 aliphatic heterocycles. The minimum atomic E-state index is -0.307. The Morgan fingerprint density at radius 3 is 2.77 bits per heavy atom. The summed E-state index contributed by atoms with van der Waals surface area (Å²) in [6.45, 7) is 5.17. The highest BCUT2D eigenvalue weighted by Crippen LogP contribution is 2.35. The Morgan fingerprint density at radius 2 is 2.09 bits per heavy atom. The molecule has 3 rings (SSSR count). The first-order valence-electron chi connectivity index (χ1n) is 8.16. The number of ether oxygens (including phenoxy) is 2. The van der Waals surface area contributed by atoms with E-state index >= 15 is 0 Å². The second-order valence-corrected chi connectivity index (χ2v) is 5.77. The number of carbonyl (C=O) groups excluding carboxylic acids is 1. The molecule has 2 fully saturated rings. The van der Waals surface area contributed by atoms with Gasteiger partial charge in [-0.2, -0.15) is 0 Å². The van der Waals surface area contributed by atoms with Crippen molar-refractivity contribution < 1.29 is 14.3 Å². The Kier molecular flexibility index (Phi) is 4.87. The van der Waals surface area contributed by atoms with Crippen molar-refractivity contribution >= 4 is 11.9 Å². The van der Waals surface area contributed by atoms with Crippen LogP contribution in [0.4, 0.5) is 5.95 Å². The fraction of sp³-hybridized carbons (Fsp3) is 0.688. The van der Waals surface area contributed by atoms with Crippen molar-refractivity contribution in [1.82, 2.24) is 9.97 Å². The van der Waals surface area contributed by atoms with E-state index in [1.165, 1.54) is 12.8 Å². The van der Waals surface area contributed by atoms with Gasteiger partial charge < -0.3 is 14.4 Å². The van der Waals surface area contributed by atoms with Crippen molar-refractivity contribution in [1.29, 1.82) is 0 Å². The van der Waals surface area contributed by atoms with Crippen LogP contribution in [0, 0.1) is 0 Å². The molecule has 0 bridgehead atoms. The lowest BCUT2D eigenvalue weighted by Crippen LogP contribution is -2.37. The van der Waals surface area contributed by atoms with Crippen molar-refractivity contribution in [2.45, 2.75) is 38.5 Å². The summed E-state index contributed by atoms with van der Waals surface area (Å²) in [5.74, 6) is 0.748. The molecule has 0 atom stereocenters. The predicted octanol–water partition coefficient (Wildman–Crippen LogP) is 2.15. The molecular formula is C16H23N3O3. The minimum absolute atomic E-state index is 0.307. The molecule has 6 heteroatoms. The summed E-state index contributed by atoms with van der Waals surface area (Å²) in [5, 5.41) is 0. The summed E-state index contributed by atoms with van der Waals surface area (Å²) in [5.41, 5.74) is 1.40. The number of hydrogen-bond acceptors (Lipinski definition) is 6. The van der Waals surface area contributed by atoms with Crippen LogP contribution in [0.2, 0.25) is 0 Å². The number of carbonyl (C=O) groups is 1. The van der Waals surface area contributed by atoms with Gasteiger partial charge >= 0.3 is 5.97 Å². The molecule has 0 amide bonds. The van der Waals surface area contributed by atoms with E-state index in [0.717, 1.165) is 31.6 Å². The highest BCUT2D eigenvalue weighted by atomic mass is 16.5. The van der Waals surface area contributed by atoms with Crippen molar-refractivity contribution in [3.63, 3.8) is 0 Å². The fourth-order valence-corrected chi connectivity index (χ4v) is 3.18. The predicted molar refractivity (Wildman–Crippen MR) is 82.2 cm³/mol. The second kappa shape index (κ2) is 7.05. The topological polar surface area (TPSA) is 64.5 Å². The first kappa shape index (κ1) is 15.2. The Hall–Kier alpha value is -1.69. The molecule has 0 unspecified atom stereocenters. The third kappa shape index (κ3) is 3.21. The van der Waals surface area contributed by atoms with Gasteiger partial charge in [0.05, 0.1) is 31.1 Å². The Bertz CT molecular complexity index is 523. The number of rotatable bonds is 4. The van der Waals surface area contributed by atoms with Gasteiger partial charge in [0.25, 0.3) is 0 Å². The normalized spacial score (nSPS) is 19.4. The molecule has 1 aromatic rings. The first-order chi connectivity index (χ1) is 10.8. The third-order valence-electron chi connectivity index (χ3n) is 4.34. The maximum absolute atomic E-state index is 12.2. The van der Waals surface area contributed by atoms with E-state index in [2.05, 4.69) is 9.88 Å². The molecule has 1 aliphatic carbocycles. The van der Waals surface area contributed by atoms with Gasteiger partial charge in [-0.05, 0) is 19.8 Å². The van der Waals surface area contributed by atoms with E-state index in [9.17, 15) is 4.79 Å². The molecule has 0 N–H and O–H groups in total. The van der Waals surface area contributed by atoms with Crippen LogP contribution in [-0.4, -0.2) is 48.8 Å². The molecule has 2 heterocycles. The van der Waals surface area contributed by atoms with Crippen LogP contribution in [0.5, 0.6) is 0 Å². The molecule has 0 spiro atoms. The largest absolute Gasteiger partial charge is 0.462 e. The lowest BCUT2D eigenvalue weighted by molar-refractivity contribution is 0.0523. The standard InChI is InChI=1S/C16H23N3O3/c1-2-22-15(20)13-11-17-16(19-7-9-21-10-8-19)18-14(13)12-5-3-4-6-12/h11-12H,2-10H2,1H3. The van der Waals surface area contributed by atoms with Gasteiger partial charge in [0.2, 0.25) is 5.95 Å². The van der Waals surface area contributed by atoms with Gasteiger partial charge in [0.15, 0.2) is 0 Å². The van der Waals surface area contributed by atoms with Gasteiger partial charge in [-0.1, -0.05) is 12.8 Å². The van der Waals surface area contributed by atoms with Crippen LogP contribution in [0.3, 0.4) is 0 Å².